The quantitative estimate of drug-likeness (QED) is 0.499. The Balaban J connectivity index is 2.01. The van der Waals surface area contributed by atoms with Gasteiger partial charge in [-0.25, -0.2) is 20.8 Å². The predicted molar refractivity (Wildman–Crippen MR) is 77.0 cm³/mol. The van der Waals surface area contributed by atoms with Crippen LogP contribution in [0.15, 0.2) is 12.7 Å². The average molecular weight is 276 g/mol. The first-order chi connectivity index (χ1) is 9.74. The van der Waals surface area contributed by atoms with Crippen LogP contribution in [-0.4, -0.2) is 31.3 Å². The summed E-state index contributed by atoms with van der Waals surface area (Å²) in [5.41, 5.74) is 3.62. The van der Waals surface area contributed by atoms with Gasteiger partial charge in [-0.05, 0) is 6.42 Å². The van der Waals surface area contributed by atoms with E-state index >= 15 is 0 Å². The molecular weight excluding hydrogens is 256 g/mol. The van der Waals surface area contributed by atoms with Gasteiger partial charge >= 0.3 is 0 Å². The van der Waals surface area contributed by atoms with Crippen LogP contribution in [0.5, 0.6) is 0 Å². The SMILES string of the molecule is CCCc1c(NN)ncnc1NCCc1ncn(C)n1. The fourth-order valence-corrected chi connectivity index (χ4v) is 1.97. The van der Waals surface area contributed by atoms with Gasteiger partial charge in [-0.2, -0.15) is 5.10 Å². The molecule has 0 aliphatic carbocycles. The summed E-state index contributed by atoms with van der Waals surface area (Å²) in [5, 5.41) is 7.53. The minimum atomic E-state index is 0.667. The smallest absolute Gasteiger partial charge is 0.152 e. The van der Waals surface area contributed by atoms with Crippen LogP contribution in [0.4, 0.5) is 11.6 Å². The Bertz CT molecular complexity index is 550. The molecule has 0 aliphatic heterocycles. The van der Waals surface area contributed by atoms with E-state index in [2.05, 4.69) is 37.7 Å². The maximum Gasteiger partial charge on any atom is 0.152 e. The highest BCUT2D eigenvalue weighted by Gasteiger charge is 2.09. The molecule has 2 aromatic heterocycles. The van der Waals surface area contributed by atoms with Gasteiger partial charge in [-0.3, -0.25) is 4.68 Å². The van der Waals surface area contributed by atoms with Gasteiger partial charge < -0.3 is 10.7 Å². The van der Waals surface area contributed by atoms with E-state index in [4.69, 9.17) is 5.84 Å². The van der Waals surface area contributed by atoms with Crippen molar-refractivity contribution in [2.24, 2.45) is 12.9 Å². The molecule has 0 unspecified atom stereocenters. The number of nitrogens with two attached hydrogens (primary N) is 1. The average Bonchev–Trinajstić information content (AvgIpc) is 2.86. The van der Waals surface area contributed by atoms with Crippen molar-refractivity contribution < 1.29 is 0 Å². The number of aromatic nitrogens is 5. The van der Waals surface area contributed by atoms with E-state index in [-0.39, 0.29) is 0 Å². The number of hydrogen-bond acceptors (Lipinski definition) is 7. The first-order valence-corrected chi connectivity index (χ1v) is 6.63. The van der Waals surface area contributed by atoms with Crippen LogP contribution in [0, 0.1) is 0 Å². The zero-order chi connectivity index (χ0) is 14.4. The zero-order valence-electron chi connectivity index (χ0n) is 11.8. The fraction of sp³-hybridized carbons (Fsp3) is 0.500. The number of nitrogens with zero attached hydrogens (tertiary/aromatic N) is 5. The Labute approximate surface area is 117 Å². The molecule has 8 heteroatoms. The number of anilines is 2. The van der Waals surface area contributed by atoms with E-state index in [9.17, 15) is 0 Å². The highest BCUT2D eigenvalue weighted by molar-refractivity contribution is 5.56. The van der Waals surface area contributed by atoms with Gasteiger partial charge in [0.05, 0.1) is 0 Å². The number of nitrogens with one attached hydrogen (secondary N) is 2. The first kappa shape index (κ1) is 14.2. The molecule has 0 amide bonds. The molecule has 0 aliphatic rings. The maximum atomic E-state index is 5.48. The van der Waals surface area contributed by atoms with Crippen LogP contribution in [0.1, 0.15) is 24.7 Å². The highest BCUT2D eigenvalue weighted by Crippen LogP contribution is 2.20. The van der Waals surface area contributed by atoms with Crippen molar-refractivity contribution in [1.29, 1.82) is 0 Å². The Hall–Kier alpha value is -2.22. The van der Waals surface area contributed by atoms with Crippen molar-refractivity contribution in [2.75, 3.05) is 17.3 Å². The van der Waals surface area contributed by atoms with Gasteiger partial charge in [0.2, 0.25) is 0 Å². The second kappa shape index (κ2) is 6.80. The van der Waals surface area contributed by atoms with Crippen LogP contribution in [0.25, 0.3) is 0 Å². The number of hydrazine groups is 1. The van der Waals surface area contributed by atoms with Crippen molar-refractivity contribution >= 4 is 11.6 Å². The van der Waals surface area contributed by atoms with Crippen molar-refractivity contribution in [3.63, 3.8) is 0 Å². The Morgan fingerprint density at radius 2 is 2.00 bits per heavy atom. The summed E-state index contributed by atoms with van der Waals surface area (Å²) in [6.45, 7) is 2.82. The topological polar surface area (TPSA) is 107 Å². The first-order valence-electron chi connectivity index (χ1n) is 6.63. The van der Waals surface area contributed by atoms with Gasteiger partial charge in [0.15, 0.2) is 5.82 Å². The van der Waals surface area contributed by atoms with E-state index in [1.807, 2.05) is 7.05 Å². The lowest BCUT2D eigenvalue weighted by Crippen LogP contribution is -2.15. The molecule has 4 N–H and O–H groups in total. The third kappa shape index (κ3) is 3.41. The van der Waals surface area contributed by atoms with Crippen LogP contribution in [0.3, 0.4) is 0 Å². The van der Waals surface area contributed by atoms with E-state index < -0.39 is 0 Å². The Morgan fingerprint density at radius 3 is 2.65 bits per heavy atom. The number of rotatable bonds is 7. The van der Waals surface area contributed by atoms with Crippen molar-refractivity contribution in [1.82, 2.24) is 24.7 Å². The summed E-state index contributed by atoms with van der Waals surface area (Å²) in [6.07, 6.45) is 5.79. The largest absolute Gasteiger partial charge is 0.369 e. The molecule has 20 heavy (non-hydrogen) atoms. The number of aryl methyl sites for hydroxylation is 1. The van der Waals surface area contributed by atoms with Gasteiger partial charge in [-0.1, -0.05) is 13.3 Å². The van der Waals surface area contributed by atoms with Crippen LogP contribution in [-0.2, 0) is 19.9 Å². The highest BCUT2D eigenvalue weighted by atomic mass is 15.3. The third-order valence-corrected chi connectivity index (χ3v) is 2.87. The summed E-state index contributed by atoms with van der Waals surface area (Å²) in [5.74, 6) is 7.77. The lowest BCUT2D eigenvalue weighted by molar-refractivity contribution is 0.741. The third-order valence-electron chi connectivity index (χ3n) is 2.87. The zero-order valence-corrected chi connectivity index (χ0v) is 11.8. The molecule has 2 aromatic rings. The predicted octanol–water partition coefficient (Wildman–Crippen LogP) is 0.498. The summed E-state index contributed by atoms with van der Waals surface area (Å²) in [7, 11) is 1.85. The molecule has 2 rings (SSSR count). The molecule has 0 radical (unpaired) electrons. The molecule has 0 fully saturated rings. The molecule has 0 atom stereocenters. The molecule has 0 bridgehead atoms. The molecule has 0 aromatic carbocycles. The van der Waals surface area contributed by atoms with Crippen molar-refractivity contribution in [2.45, 2.75) is 26.2 Å². The van der Waals surface area contributed by atoms with Crippen LogP contribution < -0.4 is 16.6 Å². The standard InChI is InChI=1S/C12H20N8/c1-3-4-9-11(15-7-16-12(9)18-13)14-6-5-10-17-8-20(2)19-10/h7-8H,3-6,13H2,1-2H3,(H2,14,15,16,18). The second-order valence-electron chi connectivity index (χ2n) is 4.46. The summed E-state index contributed by atoms with van der Waals surface area (Å²) in [6, 6.07) is 0. The molecule has 0 saturated carbocycles. The molecule has 0 spiro atoms. The monoisotopic (exact) mass is 276 g/mol. The van der Waals surface area contributed by atoms with Gasteiger partial charge in [0, 0.05) is 25.6 Å². The van der Waals surface area contributed by atoms with Gasteiger partial charge in [0.1, 0.15) is 24.3 Å². The molecule has 108 valence electrons. The Kier molecular flexibility index (Phi) is 4.83. The lowest BCUT2D eigenvalue weighted by Gasteiger charge is -2.12. The van der Waals surface area contributed by atoms with E-state index in [1.54, 1.807) is 11.0 Å². The lowest BCUT2D eigenvalue weighted by atomic mass is 10.1. The van der Waals surface area contributed by atoms with Crippen molar-refractivity contribution in [3.8, 4) is 0 Å². The minimum absolute atomic E-state index is 0.667. The Morgan fingerprint density at radius 1 is 1.20 bits per heavy atom. The molecule has 2 heterocycles. The van der Waals surface area contributed by atoms with E-state index in [0.29, 0.717) is 12.4 Å². The molecule has 0 saturated heterocycles. The van der Waals surface area contributed by atoms with Crippen LogP contribution in [0.2, 0.25) is 0 Å². The maximum absolute atomic E-state index is 5.48. The van der Waals surface area contributed by atoms with Gasteiger partial charge in [0.25, 0.3) is 0 Å². The number of hydrogen-bond donors (Lipinski definition) is 3. The van der Waals surface area contributed by atoms with Crippen LogP contribution >= 0.6 is 0 Å². The normalized spacial score (nSPS) is 10.6. The van der Waals surface area contributed by atoms with Gasteiger partial charge in [-0.15, -0.1) is 0 Å². The minimum Gasteiger partial charge on any atom is -0.369 e. The van der Waals surface area contributed by atoms with E-state index in [1.165, 1.54) is 6.33 Å². The second-order valence-corrected chi connectivity index (χ2v) is 4.46. The van der Waals surface area contributed by atoms with Crippen molar-refractivity contribution in [3.05, 3.63) is 24.0 Å². The number of nitrogen functional groups attached to an aromatic ring is 1. The summed E-state index contributed by atoms with van der Waals surface area (Å²) in [4.78, 5) is 12.6. The molecular formula is C12H20N8. The molecule has 8 nitrogen and oxygen atoms in total. The summed E-state index contributed by atoms with van der Waals surface area (Å²) < 4.78 is 1.69. The van der Waals surface area contributed by atoms with E-state index in [0.717, 1.165) is 36.5 Å². The fourth-order valence-electron chi connectivity index (χ4n) is 1.97. The summed E-state index contributed by atoms with van der Waals surface area (Å²) >= 11 is 0.